The van der Waals surface area contributed by atoms with Gasteiger partial charge in [-0.05, 0) is 51.3 Å². The number of amides is 1. The molecule has 1 fully saturated rings. The third-order valence-electron chi connectivity index (χ3n) is 4.09. The fraction of sp³-hybridized carbons (Fsp3) is 0.588. The van der Waals surface area contributed by atoms with Gasteiger partial charge in [-0.3, -0.25) is 4.79 Å². The van der Waals surface area contributed by atoms with Gasteiger partial charge in [-0.25, -0.2) is 8.42 Å². The molecule has 3 N–H and O–H groups in total. The quantitative estimate of drug-likeness (QED) is 0.841. The van der Waals surface area contributed by atoms with E-state index in [2.05, 4.69) is 5.32 Å². The van der Waals surface area contributed by atoms with E-state index < -0.39 is 15.6 Å². The predicted molar refractivity (Wildman–Crippen MR) is 94.4 cm³/mol. The lowest BCUT2D eigenvalue weighted by Crippen LogP contribution is -2.45. The van der Waals surface area contributed by atoms with Gasteiger partial charge in [-0.2, -0.15) is 4.31 Å². The SMILES string of the molecule is Cc1ccc(C(=O)NCC(C)(C)N)cc1S(=O)(=O)N1CCCCC1. The second kappa shape index (κ2) is 7.21. The number of hydrogen-bond acceptors (Lipinski definition) is 4. The first-order valence-corrected chi connectivity index (χ1v) is 9.73. The number of piperidine rings is 1. The zero-order chi connectivity index (χ0) is 18.0. The van der Waals surface area contributed by atoms with Gasteiger partial charge in [0.15, 0.2) is 0 Å². The van der Waals surface area contributed by atoms with E-state index in [-0.39, 0.29) is 10.8 Å². The fourth-order valence-corrected chi connectivity index (χ4v) is 4.44. The van der Waals surface area contributed by atoms with Crippen molar-refractivity contribution in [2.45, 2.75) is 50.5 Å². The van der Waals surface area contributed by atoms with Crippen LogP contribution in [0.15, 0.2) is 23.1 Å². The number of aryl methyl sites for hydroxylation is 1. The zero-order valence-corrected chi connectivity index (χ0v) is 15.4. The number of hydrogen-bond donors (Lipinski definition) is 2. The molecule has 0 bridgehead atoms. The Hall–Kier alpha value is -1.44. The average Bonchev–Trinajstić information content (AvgIpc) is 2.53. The minimum Gasteiger partial charge on any atom is -0.350 e. The van der Waals surface area contributed by atoms with Crippen LogP contribution in [0.4, 0.5) is 0 Å². The number of sulfonamides is 1. The van der Waals surface area contributed by atoms with Crippen molar-refractivity contribution in [3.05, 3.63) is 29.3 Å². The zero-order valence-electron chi connectivity index (χ0n) is 14.6. The van der Waals surface area contributed by atoms with Crippen molar-refractivity contribution in [1.82, 2.24) is 9.62 Å². The summed E-state index contributed by atoms with van der Waals surface area (Å²) in [6, 6.07) is 4.79. The lowest BCUT2D eigenvalue weighted by molar-refractivity contribution is 0.0946. The first-order chi connectivity index (χ1) is 11.1. The van der Waals surface area contributed by atoms with Gasteiger partial charge in [0.2, 0.25) is 10.0 Å². The summed E-state index contributed by atoms with van der Waals surface area (Å²) in [4.78, 5) is 12.5. The molecule has 0 aliphatic carbocycles. The molecule has 134 valence electrons. The van der Waals surface area contributed by atoms with E-state index in [1.54, 1.807) is 19.1 Å². The molecule has 1 aliphatic heterocycles. The second-order valence-electron chi connectivity index (χ2n) is 7.12. The molecule has 1 amide bonds. The van der Waals surface area contributed by atoms with Crippen molar-refractivity contribution < 1.29 is 13.2 Å². The largest absolute Gasteiger partial charge is 0.350 e. The Morgan fingerprint density at radius 3 is 2.46 bits per heavy atom. The lowest BCUT2D eigenvalue weighted by Gasteiger charge is -2.26. The van der Waals surface area contributed by atoms with Gasteiger partial charge in [-0.1, -0.05) is 12.5 Å². The minimum absolute atomic E-state index is 0.212. The molecule has 6 nitrogen and oxygen atoms in total. The van der Waals surface area contributed by atoms with Gasteiger partial charge in [0.25, 0.3) is 5.91 Å². The Morgan fingerprint density at radius 2 is 1.88 bits per heavy atom. The van der Waals surface area contributed by atoms with Crippen LogP contribution in [0.1, 0.15) is 49.0 Å². The number of benzene rings is 1. The Kier molecular flexibility index (Phi) is 5.67. The van der Waals surface area contributed by atoms with Gasteiger partial charge >= 0.3 is 0 Å². The van der Waals surface area contributed by atoms with Crippen molar-refractivity contribution in [2.75, 3.05) is 19.6 Å². The normalized spacial score (nSPS) is 16.8. The summed E-state index contributed by atoms with van der Waals surface area (Å²) in [5.74, 6) is -0.316. The molecule has 1 aliphatic rings. The summed E-state index contributed by atoms with van der Waals surface area (Å²) in [7, 11) is -3.56. The summed E-state index contributed by atoms with van der Waals surface area (Å²) >= 11 is 0. The Labute approximate surface area is 144 Å². The molecule has 0 unspecified atom stereocenters. The van der Waals surface area contributed by atoms with Crippen LogP contribution in [-0.2, 0) is 10.0 Å². The molecule has 2 rings (SSSR count). The Balaban J connectivity index is 2.26. The van der Waals surface area contributed by atoms with Crippen LogP contribution in [0.5, 0.6) is 0 Å². The molecule has 1 heterocycles. The fourth-order valence-electron chi connectivity index (χ4n) is 2.67. The maximum absolute atomic E-state index is 12.9. The molecule has 1 saturated heterocycles. The van der Waals surface area contributed by atoms with Crippen LogP contribution in [0.2, 0.25) is 0 Å². The highest BCUT2D eigenvalue weighted by molar-refractivity contribution is 7.89. The summed E-state index contributed by atoms with van der Waals surface area (Å²) in [5, 5.41) is 2.74. The van der Waals surface area contributed by atoms with E-state index in [1.165, 1.54) is 10.4 Å². The number of nitrogens with one attached hydrogen (secondary N) is 1. The summed E-state index contributed by atoms with van der Waals surface area (Å²) in [5.41, 5.74) is 6.32. The van der Waals surface area contributed by atoms with Crippen molar-refractivity contribution in [2.24, 2.45) is 5.73 Å². The molecule has 1 aromatic rings. The first-order valence-electron chi connectivity index (χ1n) is 8.29. The third kappa shape index (κ3) is 4.55. The van der Waals surface area contributed by atoms with Crippen LogP contribution < -0.4 is 11.1 Å². The molecule has 0 saturated carbocycles. The van der Waals surface area contributed by atoms with Crippen LogP contribution >= 0.6 is 0 Å². The summed E-state index contributed by atoms with van der Waals surface area (Å²) in [6.07, 6.45) is 2.82. The Morgan fingerprint density at radius 1 is 1.25 bits per heavy atom. The van der Waals surface area contributed by atoms with Crippen LogP contribution in [0, 0.1) is 6.92 Å². The number of carbonyl (C=O) groups is 1. The van der Waals surface area contributed by atoms with Gasteiger partial charge in [0, 0.05) is 30.7 Å². The molecule has 24 heavy (non-hydrogen) atoms. The van der Waals surface area contributed by atoms with Crippen LogP contribution in [-0.4, -0.2) is 43.8 Å². The van der Waals surface area contributed by atoms with Crippen molar-refractivity contribution >= 4 is 15.9 Å². The molecule has 0 spiro atoms. The number of rotatable bonds is 5. The molecular formula is C17H27N3O3S. The van der Waals surface area contributed by atoms with Crippen molar-refractivity contribution in [3.63, 3.8) is 0 Å². The van der Waals surface area contributed by atoms with Gasteiger partial charge in [-0.15, -0.1) is 0 Å². The predicted octanol–water partition coefficient (Wildman–Crippen LogP) is 1.64. The minimum atomic E-state index is -3.56. The van der Waals surface area contributed by atoms with Crippen molar-refractivity contribution in [3.8, 4) is 0 Å². The summed E-state index contributed by atoms with van der Waals surface area (Å²) in [6.45, 7) is 6.78. The smallest absolute Gasteiger partial charge is 0.251 e. The standard InChI is InChI=1S/C17H27N3O3S/c1-13-7-8-14(16(21)19-12-17(2,3)18)11-15(13)24(22,23)20-9-5-4-6-10-20/h7-8,11H,4-6,9-10,12,18H2,1-3H3,(H,19,21). The monoisotopic (exact) mass is 353 g/mol. The van der Waals surface area contributed by atoms with Gasteiger partial charge < -0.3 is 11.1 Å². The van der Waals surface area contributed by atoms with E-state index in [0.717, 1.165) is 19.3 Å². The molecule has 0 atom stereocenters. The second-order valence-corrected chi connectivity index (χ2v) is 9.02. The highest BCUT2D eigenvalue weighted by Crippen LogP contribution is 2.24. The average molecular weight is 353 g/mol. The number of nitrogens with zero attached hydrogens (tertiary/aromatic N) is 1. The van der Waals surface area contributed by atoms with Crippen LogP contribution in [0.25, 0.3) is 0 Å². The molecule has 0 radical (unpaired) electrons. The van der Waals surface area contributed by atoms with E-state index in [0.29, 0.717) is 30.8 Å². The number of carbonyl (C=O) groups excluding carboxylic acids is 1. The van der Waals surface area contributed by atoms with E-state index in [4.69, 9.17) is 5.73 Å². The molecular weight excluding hydrogens is 326 g/mol. The lowest BCUT2D eigenvalue weighted by atomic mass is 10.1. The van der Waals surface area contributed by atoms with E-state index >= 15 is 0 Å². The Bertz CT molecular complexity index is 702. The van der Waals surface area contributed by atoms with Crippen LogP contribution in [0.3, 0.4) is 0 Å². The summed E-state index contributed by atoms with van der Waals surface area (Å²) < 4.78 is 27.3. The van der Waals surface area contributed by atoms with Crippen molar-refractivity contribution in [1.29, 1.82) is 0 Å². The van der Waals surface area contributed by atoms with Gasteiger partial charge in [0.05, 0.1) is 4.90 Å². The highest BCUT2D eigenvalue weighted by atomic mass is 32.2. The maximum Gasteiger partial charge on any atom is 0.251 e. The molecule has 7 heteroatoms. The van der Waals surface area contributed by atoms with E-state index in [1.807, 2.05) is 13.8 Å². The number of nitrogens with two attached hydrogens (primary N) is 1. The highest BCUT2D eigenvalue weighted by Gasteiger charge is 2.28. The molecule has 1 aromatic carbocycles. The van der Waals surface area contributed by atoms with E-state index in [9.17, 15) is 13.2 Å². The molecule has 0 aromatic heterocycles. The topological polar surface area (TPSA) is 92.5 Å². The third-order valence-corrected chi connectivity index (χ3v) is 6.13. The first kappa shape index (κ1) is 18.9. The van der Waals surface area contributed by atoms with Gasteiger partial charge in [0.1, 0.15) is 0 Å². The maximum atomic E-state index is 12.9.